The Bertz CT molecular complexity index is 409. The van der Waals surface area contributed by atoms with Crippen LogP contribution in [0.2, 0.25) is 0 Å². The molecule has 2 saturated heterocycles. The number of ether oxygens (including phenoxy) is 1. The summed E-state index contributed by atoms with van der Waals surface area (Å²) in [5, 5.41) is 0. The van der Waals surface area contributed by atoms with Gasteiger partial charge in [-0.3, -0.25) is 4.79 Å². The predicted octanol–water partition coefficient (Wildman–Crippen LogP) is -1.39. The van der Waals surface area contributed by atoms with Crippen molar-refractivity contribution in [3.8, 4) is 0 Å². The highest BCUT2D eigenvalue weighted by molar-refractivity contribution is 7.91. The van der Waals surface area contributed by atoms with Crippen LogP contribution in [0.25, 0.3) is 0 Å². The molecule has 0 aliphatic carbocycles. The quantitative estimate of drug-likeness (QED) is 0.628. The molecule has 0 radical (unpaired) electrons. The standard InChI is InChI=1S/C10H18N2O4S/c1-7-6-17(14,15)3-2-12(7)10(13)8-4-16-5-9(8)11/h7-9H,2-6,11H2,1H3. The van der Waals surface area contributed by atoms with E-state index in [4.69, 9.17) is 10.5 Å². The van der Waals surface area contributed by atoms with Crippen molar-refractivity contribution in [1.29, 1.82) is 0 Å². The zero-order valence-corrected chi connectivity index (χ0v) is 10.6. The summed E-state index contributed by atoms with van der Waals surface area (Å²) in [6.07, 6.45) is 0. The van der Waals surface area contributed by atoms with Crippen molar-refractivity contribution < 1.29 is 17.9 Å². The van der Waals surface area contributed by atoms with Crippen LogP contribution in [0.5, 0.6) is 0 Å². The van der Waals surface area contributed by atoms with Gasteiger partial charge in [0.05, 0.1) is 30.6 Å². The van der Waals surface area contributed by atoms with Gasteiger partial charge < -0.3 is 15.4 Å². The highest BCUT2D eigenvalue weighted by atomic mass is 32.2. The molecule has 0 spiro atoms. The lowest BCUT2D eigenvalue weighted by Gasteiger charge is -2.35. The number of carbonyl (C=O) groups excluding carboxylic acids is 1. The Balaban J connectivity index is 2.05. The summed E-state index contributed by atoms with van der Waals surface area (Å²) >= 11 is 0. The maximum atomic E-state index is 12.2. The maximum Gasteiger partial charge on any atom is 0.229 e. The number of hydrogen-bond donors (Lipinski definition) is 1. The Morgan fingerprint density at radius 3 is 2.65 bits per heavy atom. The van der Waals surface area contributed by atoms with Gasteiger partial charge in [-0.2, -0.15) is 0 Å². The van der Waals surface area contributed by atoms with Gasteiger partial charge in [0.1, 0.15) is 0 Å². The second-order valence-electron chi connectivity index (χ2n) is 4.80. The number of carbonyl (C=O) groups is 1. The monoisotopic (exact) mass is 262 g/mol. The zero-order chi connectivity index (χ0) is 12.6. The highest BCUT2D eigenvalue weighted by Crippen LogP contribution is 2.19. The molecular weight excluding hydrogens is 244 g/mol. The topological polar surface area (TPSA) is 89.7 Å². The Kier molecular flexibility index (Phi) is 3.42. The first-order chi connectivity index (χ1) is 7.91. The van der Waals surface area contributed by atoms with Crippen LogP contribution in [0.3, 0.4) is 0 Å². The minimum Gasteiger partial charge on any atom is -0.379 e. The summed E-state index contributed by atoms with van der Waals surface area (Å²) in [5.41, 5.74) is 5.79. The molecule has 2 aliphatic heterocycles. The van der Waals surface area contributed by atoms with Crippen molar-refractivity contribution in [2.24, 2.45) is 11.7 Å². The number of rotatable bonds is 1. The first-order valence-electron chi connectivity index (χ1n) is 5.75. The third-order valence-electron chi connectivity index (χ3n) is 3.40. The first kappa shape index (κ1) is 12.8. The lowest BCUT2D eigenvalue weighted by molar-refractivity contribution is -0.137. The lowest BCUT2D eigenvalue weighted by Crippen LogP contribution is -2.53. The normalized spacial score (nSPS) is 37.1. The van der Waals surface area contributed by atoms with E-state index in [0.29, 0.717) is 13.2 Å². The van der Waals surface area contributed by atoms with Crippen LogP contribution in [0, 0.1) is 5.92 Å². The van der Waals surface area contributed by atoms with E-state index in [1.165, 1.54) is 0 Å². The van der Waals surface area contributed by atoms with E-state index in [1.54, 1.807) is 11.8 Å². The van der Waals surface area contributed by atoms with Crippen molar-refractivity contribution in [1.82, 2.24) is 4.90 Å². The molecule has 0 aromatic heterocycles. The lowest BCUT2D eigenvalue weighted by atomic mass is 10.0. The van der Waals surface area contributed by atoms with Crippen LogP contribution >= 0.6 is 0 Å². The molecule has 2 N–H and O–H groups in total. The van der Waals surface area contributed by atoms with Gasteiger partial charge in [0.2, 0.25) is 5.91 Å². The van der Waals surface area contributed by atoms with Crippen LogP contribution in [0.1, 0.15) is 6.92 Å². The Morgan fingerprint density at radius 2 is 2.12 bits per heavy atom. The fourth-order valence-corrected chi connectivity index (χ4v) is 3.92. The highest BCUT2D eigenvalue weighted by Gasteiger charge is 2.38. The molecule has 6 nitrogen and oxygen atoms in total. The third-order valence-corrected chi connectivity index (χ3v) is 5.19. The molecule has 0 aromatic carbocycles. The fourth-order valence-electron chi connectivity index (χ4n) is 2.36. The van der Waals surface area contributed by atoms with Crippen molar-refractivity contribution in [3.05, 3.63) is 0 Å². The molecule has 2 rings (SSSR count). The minimum absolute atomic E-state index is 0.0432. The summed E-state index contributed by atoms with van der Waals surface area (Å²) in [5.74, 6) is -0.302. The van der Waals surface area contributed by atoms with E-state index in [0.717, 1.165) is 0 Å². The van der Waals surface area contributed by atoms with Gasteiger partial charge in [-0.05, 0) is 6.92 Å². The molecule has 1 amide bonds. The summed E-state index contributed by atoms with van der Waals surface area (Å²) in [7, 11) is -2.99. The average Bonchev–Trinajstić information content (AvgIpc) is 2.62. The molecular formula is C10H18N2O4S. The molecule has 2 heterocycles. The molecule has 98 valence electrons. The summed E-state index contributed by atoms with van der Waals surface area (Å²) in [4.78, 5) is 13.8. The minimum atomic E-state index is -2.99. The van der Waals surface area contributed by atoms with Gasteiger partial charge in [-0.1, -0.05) is 0 Å². The predicted molar refractivity (Wildman–Crippen MR) is 62.1 cm³/mol. The van der Waals surface area contributed by atoms with Crippen LogP contribution < -0.4 is 5.73 Å². The van der Waals surface area contributed by atoms with Crippen LogP contribution in [0.15, 0.2) is 0 Å². The summed E-state index contributed by atoms with van der Waals surface area (Å²) in [6, 6.07) is -0.540. The van der Waals surface area contributed by atoms with Crippen LogP contribution in [0.4, 0.5) is 0 Å². The van der Waals surface area contributed by atoms with Gasteiger partial charge in [0.25, 0.3) is 0 Å². The average molecular weight is 262 g/mol. The second-order valence-corrected chi connectivity index (χ2v) is 7.03. The summed E-state index contributed by atoms with van der Waals surface area (Å²) in [6.45, 7) is 2.77. The molecule has 7 heteroatoms. The van der Waals surface area contributed by atoms with Crippen molar-refractivity contribution in [2.45, 2.75) is 19.0 Å². The van der Waals surface area contributed by atoms with Gasteiger partial charge in [0.15, 0.2) is 9.84 Å². The van der Waals surface area contributed by atoms with E-state index < -0.39 is 9.84 Å². The fraction of sp³-hybridized carbons (Fsp3) is 0.900. The smallest absolute Gasteiger partial charge is 0.229 e. The van der Waals surface area contributed by atoms with Crippen molar-refractivity contribution >= 4 is 15.7 Å². The number of nitrogens with two attached hydrogens (primary N) is 1. The van der Waals surface area contributed by atoms with E-state index in [1.807, 2.05) is 0 Å². The second kappa shape index (κ2) is 4.55. The van der Waals surface area contributed by atoms with E-state index in [9.17, 15) is 13.2 Å². The zero-order valence-electron chi connectivity index (χ0n) is 9.83. The van der Waals surface area contributed by atoms with Gasteiger partial charge >= 0.3 is 0 Å². The summed E-state index contributed by atoms with van der Waals surface area (Å²) < 4.78 is 28.0. The van der Waals surface area contributed by atoms with Crippen LogP contribution in [-0.4, -0.2) is 62.6 Å². The molecule has 0 bridgehead atoms. The molecule has 2 fully saturated rings. The number of hydrogen-bond acceptors (Lipinski definition) is 5. The molecule has 3 atom stereocenters. The SMILES string of the molecule is CC1CS(=O)(=O)CCN1C(=O)C1COCC1N. The Morgan fingerprint density at radius 1 is 1.41 bits per heavy atom. The third kappa shape index (κ3) is 2.61. The van der Waals surface area contributed by atoms with E-state index >= 15 is 0 Å². The van der Waals surface area contributed by atoms with E-state index in [2.05, 4.69) is 0 Å². The van der Waals surface area contributed by atoms with Crippen molar-refractivity contribution in [3.63, 3.8) is 0 Å². The Labute approximate surface area is 101 Å². The van der Waals surface area contributed by atoms with E-state index in [-0.39, 0.29) is 42.0 Å². The van der Waals surface area contributed by atoms with Gasteiger partial charge in [-0.15, -0.1) is 0 Å². The molecule has 3 unspecified atom stereocenters. The largest absolute Gasteiger partial charge is 0.379 e. The molecule has 0 aromatic rings. The molecule has 0 saturated carbocycles. The Hall–Kier alpha value is -0.660. The number of sulfone groups is 1. The van der Waals surface area contributed by atoms with Gasteiger partial charge in [-0.25, -0.2) is 8.42 Å². The van der Waals surface area contributed by atoms with Crippen LogP contribution in [-0.2, 0) is 19.4 Å². The number of amides is 1. The molecule has 2 aliphatic rings. The van der Waals surface area contributed by atoms with Crippen molar-refractivity contribution in [2.75, 3.05) is 31.3 Å². The first-order valence-corrected chi connectivity index (χ1v) is 7.57. The van der Waals surface area contributed by atoms with Gasteiger partial charge in [0, 0.05) is 18.6 Å². The maximum absolute atomic E-state index is 12.2. The number of nitrogens with zero attached hydrogens (tertiary/aromatic N) is 1. The molecule has 17 heavy (non-hydrogen) atoms.